The maximum absolute atomic E-state index is 13.0. The minimum absolute atomic E-state index is 0.0869. The molecule has 0 heterocycles. The smallest absolute Gasteiger partial charge is 0.369 e. The quantitative estimate of drug-likeness (QED) is 0.694. The Hall–Kier alpha value is -2.27. The lowest BCUT2D eigenvalue weighted by Crippen LogP contribution is -2.53. The van der Waals surface area contributed by atoms with Gasteiger partial charge in [0.25, 0.3) is 15.6 Å². The lowest BCUT2D eigenvalue weighted by molar-refractivity contribution is -0.376. The molecule has 0 aliphatic heterocycles. The molecule has 29 heavy (non-hydrogen) atoms. The van der Waals surface area contributed by atoms with Gasteiger partial charge in [0, 0.05) is 12.1 Å². The molecule has 0 spiro atoms. The van der Waals surface area contributed by atoms with Gasteiger partial charge in [0.05, 0.1) is 10.6 Å². The van der Waals surface area contributed by atoms with Gasteiger partial charge in [-0.1, -0.05) is 29.8 Å². The second-order valence-electron chi connectivity index (χ2n) is 6.24. The molecule has 0 fully saturated rings. The maximum Gasteiger partial charge on any atom is 0.430 e. The summed E-state index contributed by atoms with van der Waals surface area (Å²) >= 11 is 0. The zero-order valence-corrected chi connectivity index (χ0v) is 16.0. The predicted octanol–water partition coefficient (Wildman–Crippen LogP) is 4.52. The van der Waals surface area contributed by atoms with E-state index in [1.807, 2.05) is 0 Å². The molecule has 0 aromatic heterocycles. The Morgan fingerprint density at radius 1 is 0.862 bits per heavy atom. The van der Waals surface area contributed by atoms with Crippen LogP contribution >= 0.6 is 0 Å². The molecule has 0 saturated carbocycles. The van der Waals surface area contributed by atoms with Gasteiger partial charge in [0.15, 0.2) is 0 Å². The molecule has 2 rings (SSSR count). The largest absolute Gasteiger partial charge is 0.430 e. The lowest BCUT2D eigenvalue weighted by Gasteiger charge is -2.33. The Kier molecular flexibility index (Phi) is 5.97. The molecular formula is C18H17F6NO3S. The molecule has 4 nitrogen and oxygen atoms in total. The summed E-state index contributed by atoms with van der Waals surface area (Å²) in [5, 5.41) is 9.42. The van der Waals surface area contributed by atoms with E-state index in [-0.39, 0.29) is 17.1 Å². The SMILES string of the molecule is CCN(c1ccc(C(O)(C(F)(F)F)C(F)(F)F)cc1)S(=O)(=O)c1ccc(C)cc1. The monoisotopic (exact) mass is 441 g/mol. The lowest BCUT2D eigenvalue weighted by atomic mass is 9.92. The van der Waals surface area contributed by atoms with Crippen molar-refractivity contribution in [2.45, 2.75) is 36.7 Å². The Bertz CT molecular complexity index is 937. The van der Waals surface area contributed by atoms with Crippen LogP contribution in [0.2, 0.25) is 0 Å². The van der Waals surface area contributed by atoms with E-state index in [0.29, 0.717) is 12.1 Å². The second-order valence-corrected chi connectivity index (χ2v) is 8.10. The van der Waals surface area contributed by atoms with Crippen molar-refractivity contribution in [3.63, 3.8) is 0 Å². The Morgan fingerprint density at radius 3 is 1.69 bits per heavy atom. The number of aryl methyl sites for hydroxylation is 1. The van der Waals surface area contributed by atoms with Gasteiger partial charge in [-0.05, 0) is 38.1 Å². The number of hydrogen-bond acceptors (Lipinski definition) is 3. The van der Waals surface area contributed by atoms with Crippen molar-refractivity contribution in [3.8, 4) is 0 Å². The van der Waals surface area contributed by atoms with Crippen molar-refractivity contribution >= 4 is 15.7 Å². The van der Waals surface area contributed by atoms with Gasteiger partial charge < -0.3 is 5.11 Å². The van der Waals surface area contributed by atoms with Gasteiger partial charge in [-0.15, -0.1) is 0 Å². The summed E-state index contributed by atoms with van der Waals surface area (Å²) < 4.78 is 104. The average Bonchev–Trinajstić information content (AvgIpc) is 2.60. The van der Waals surface area contributed by atoms with Crippen LogP contribution < -0.4 is 4.31 Å². The summed E-state index contributed by atoms with van der Waals surface area (Å²) in [7, 11) is -4.10. The zero-order valence-electron chi connectivity index (χ0n) is 15.2. The molecule has 0 atom stereocenters. The van der Waals surface area contributed by atoms with Gasteiger partial charge in [-0.3, -0.25) is 4.31 Å². The number of anilines is 1. The molecule has 0 aliphatic carbocycles. The third-order valence-electron chi connectivity index (χ3n) is 4.29. The highest BCUT2D eigenvalue weighted by molar-refractivity contribution is 7.92. The van der Waals surface area contributed by atoms with Crippen LogP contribution in [0.15, 0.2) is 53.4 Å². The van der Waals surface area contributed by atoms with E-state index in [9.17, 15) is 39.9 Å². The summed E-state index contributed by atoms with van der Waals surface area (Å²) in [5.41, 5.74) is -5.89. The third-order valence-corrected chi connectivity index (χ3v) is 6.21. The highest BCUT2D eigenvalue weighted by atomic mass is 32.2. The Morgan fingerprint density at radius 2 is 1.31 bits per heavy atom. The van der Waals surface area contributed by atoms with Crippen LogP contribution in [0.1, 0.15) is 18.1 Å². The Labute approximate surface area is 163 Å². The van der Waals surface area contributed by atoms with Crippen molar-refractivity contribution in [3.05, 3.63) is 59.7 Å². The summed E-state index contributed by atoms with van der Waals surface area (Å²) in [4.78, 5) is -0.0869. The van der Waals surface area contributed by atoms with E-state index >= 15 is 0 Å². The number of alkyl halides is 6. The molecule has 2 aromatic carbocycles. The maximum atomic E-state index is 13.0. The van der Waals surface area contributed by atoms with E-state index in [2.05, 4.69) is 0 Å². The van der Waals surface area contributed by atoms with Crippen molar-refractivity contribution < 1.29 is 39.9 Å². The summed E-state index contributed by atoms with van der Waals surface area (Å²) in [6, 6.07) is 8.17. The van der Waals surface area contributed by atoms with Crippen LogP contribution in [0.4, 0.5) is 32.0 Å². The number of hydrogen-bond donors (Lipinski definition) is 1. The molecule has 0 aliphatic rings. The van der Waals surface area contributed by atoms with E-state index < -0.39 is 33.5 Å². The highest BCUT2D eigenvalue weighted by Crippen LogP contribution is 2.50. The minimum Gasteiger partial charge on any atom is -0.369 e. The summed E-state index contributed by atoms with van der Waals surface area (Å²) in [6.45, 7) is 3.08. The number of benzene rings is 2. The van der Waals surface area contributed by atoms with Crippen molar-refractivity contribution in [1.82, 2.24) is 0 Å². The number of nitrogens with zero attached hydrogens (tertiary/aromatic N) is 1. The van der Waals surface area contributed by atoms with Crippen LogP contribution in [0, 0.1) is 6.92 Å². The van der Waals surface area contributed by atoms with Crippen molar-refractivity contribution in [2.24, 2.45) is 0 Å². The summed E-state index contributed by atoms with van der Waals surface area (Å²) in [5.74, 6) is 0. The molecule has 0 radical (unpaired) electrons. The summed E-state index contributed by atoms with van der Waals surface area (Å²) in [6.07, 6.45) is -12.0. The van der Waals surface area contributed by atoms with Gasteiger partial charge in [0.2, 0.25) is 0 Å². The van der Waals surface area contributed by atoms with Gasteiger partial charge >= 0.3 is 12.4 Å². The van der Waals surface area contributed by atoms with E-state index in [1.165, 1.54) is 19.1 Å². The molecule has 11 heteroatoms. The number of rotatable bonds is 5. The zero-order chi connectivity index (χ0) is 22.3. The average molecular weight is 441 g/mol. The van der Waals surface area contributed by atoms with Gasteiger partial charge in [-0.25, -0.2) is 8.42 Å². The minimum atomic E-state index is -6.02. The first-order valence-electron chi connectivity index (χ1n) is 8.22. The van der Waals surface area contributed by atoms with Crippen LogP contribution in [-0.2, 0) is 15.6 Å². The topological polar surface area (TPSA) is 57.6 Å². The fourth-order valence-electron chi connectivity index (χ4n) is 2.69. The molecule has 1 N–H and O–H groups in total. The van der Waals surface area contributed by atoms with Crippen LogP contribution in [-0.4, -0.2) is 32.4 Å². The number of aliphatic hydroxyl groups is 1. The van der Waals surface area contributed by atoms with Gasteiger partial charge in [-0.2, -0.15) is 26.3 Å². The highest BCUT2D eigenvalue weighted by Gasteiger charge is 2.71. The van der Waals surface area contributed by atoms with Crippen LogP contribution in [0.25, 0.3) is 0 Å². The molecule has 0 bridgehead atoms. The van der Waals surface area contributed by atoms with Crippen LogP contribution in [0.5, 0.6) is 0 Å². The van der Waals surface area contributed by atoms with E-state index in [4.69, 9.17) is 0 Å². The molecule has 0 amide bonds. The van der Waals surface area contributed by atoms with Crippen molar-refractivity contribution in [1.29, 1.82) is 0 Å². The predicted molar refractivity (Wildman–Crippen MR) is 93.8 cm³/mol. The molecule has 0 saturated heterocycles. The normalized spacial score (nSPS) is 13.4. The van der Waals surface area contributed by atoms with Crippen molar-refractivity contribution in [2.75, 3.05) is 10.8 Å². The first-order chi connectivity index (χ1) is 13.2. The van der Waals surface area contributed by atoms with E-state index in [0.717, 1.165) is 22.0 Å². The Balaban J connectivity index is 2.50. The fourth-order valence-corrected chi connectivity index (χ4v) is 4.16. The standard InChI is InChI=1S/C18H17F6NO3S/c1-3-25(29(27,28)15-10-4-12(2)5-11-15)14-8-6-13(7-9-14)16(26,17(19,20)21)18(22,23)24/h4-11,26H,3H2,1-2H3. The number of sulfonamides is 1. The molecule has 2 aromatic rings. The third kappa shape index (κ3) is 4.06. The fraction of sp³-hybridized carbons (Fsp3) is 0.333. The molecular weight excluding hydrogens is 424 g/mol. The first-order valence-corrected chi connectivity index (χ1v) is 9.66. The first kappa shape index (κ1) is 23.0. The number of halogens is 6. The van der Waals surface area contributed by atoms with E-state index in [1.54, 1.807) is 19.1 Å². The molecule has 160 valence electrons. The van der Waals surface area contributed by atoms with Crippen LogP contribution in [0.3, 0.4) is 0 Å². The molecule has 0 unspecified atom stereocenters. The van der Waals surface area contributed by atoms with Gasteiger partial charge in [0.1, 0.15) is 0 Å². The second kappa shape index (κ2) is 7.52.